The number of aryl methyl sites for hydroxylation is 1. The predicted molar refractivity (Wildman–Crippen MR) is 72.3 cm³/mol. The molecule has 1 aliphatic carbocycles. The van der Waals surface area contributed by atoms with Crippen molar-refractivity contribution < 1.29 is 0 Å². The molecule has 3 rings (SSSR count). The van der Waals surface area contributed by atoms with Crippen molar-refractivity contribution >= 4 is 33.4 Å². The van der Waals surface area contributed by atoms with Gasteiger partial charge in [-0.05, 0) is 40.1 Å². The standard InChI is InChI=1S/C13H10IN/c1-15-7-6-12(14)11-8-9-4-2-3-5-10(9)13(11)15/h2-8H,1H3. The molecule has 0 amide bonds. The summed E-state index contributed by atoms with van der Waals surface area (Å²) in [5.41, 5.74) is 2.68. The lowest BCUT2D eigenvalue weighted by Gasteiger charge is -2.09. The fraction of sp³-hybridized carbons (Fsp3) is 0.0769. The lowest BCUT2D eigenvalue weighted by Crippen LogP contribution is -1.96. The molecule has 0 unspecified atom stereocenters. The van der Waals surface area contributed by atoms with Crippen molar-refractivity contribution in [1.82, 2.24) is 4.57 Å². The predicted octanol–water partition coefficient (Wildman–Crippen LogP) is 3.89. The van der Waals surface area contributed by atoms with Crippen molar-refractivity contribution in [2.24, 2.45) is 7.05 Å². The smallest absolute Gasteiger partial charge is 0.0567 e. The number of benzene rings is 1. The molecule has 15 heavy (non-hydrogen) atoms. The summed E-state index contributed by atoms with van der Waals surface area (Å²) in [6.45, 7) is 0. The van der Waals surface area contributed by atoms with Gasteiger partial charge in [0.05, 0.1) is 5.69 Å². The Morgan fingerprint density at radius 1 is 1.13 bits per heavy atom. The number of aromatic nitrogens is 1. The van der Waals surface area contributed by atoms with E-state index in [0.717, 1.165) is 0 Å². The fourth-order valence-electron chi connectivity index (χ4n) is 2.11. The van der Waals surface area contributed by atoms with Gasteiger partial charge in [0.15, 0.2) is 0 Å². The van der Waals surface area contributed by atoms with Gasteiger partial charge in [-0.15, -0.1) is 0 Å². The molecule has 0 radical (unpaired) electrons. The summed E-state index contributed by atoms with van der Waals surface area (Å²) < 4.78 is 3.51. The number of hydrogen-bond donors (Lipinski definition) is 0. The summed E-state index contributed by atoms with van der Waals surface area (Å²) in [4.78, 5) is 0. The van der Waals surface area contributed by atoms with Crippen LogP contribution in [-0.4, -0.2) is 4.57 Å². The molecule has 74 valence electrons. The SMILES string of the molecule is Cn1ccc(I)c2cc3ccccc3c1-2. The first-order valence-corrected chi connectivity index (χ1v) is 5.97. The Labute approximate surface area is 102 Å². The fourth-order valence-corrected chi connectivity index (χ4v) is 2.68. The van der Waals surface area contributed by atoms with E-state index in [1.807, 2.05) is 0 Å². The second-order valence-corrected chi connectivity index (χ2v) is 4.93. The Hall–Kier alpha value is -1.03. The first kappa shape index (κ1) is 9.21. The van der Waals surface area contributed by atoms with Crippen LogP contribution in [0.15, 0.2) is 42.6 Å². The van der Waals surface area contributed by atoms with Crippen LogP contribution >= 0.6 is 22.6 Å². The topological polar surface area (TPSA) is 4.93 Å². The largest absolute Gasteiger partial charge is 0.350 e. The second-order valence-electron chi connectivity index (χ2n) is 3.77. The maximum absolute atomic E-state index is 2.40. The quantitative estimate of drug-likeness (QED) is 0.555. The van der Waals surface area contributed by atoms with Crippen molar-refractivity contribution in [3.05, 3.63) is 46.2 Å². The van der Waals surface area contributed by atoms with E-state index in [4.69, 9.17) is 0 Å². The molecular formula is C13H10IN. The number of rotatable bonds is 0. The molecule has 2 aliphatic rings. The van der Waals surface area contributed by atoms with Crippen LogP contribution in [0.3, 0.4) is 0 Å². The zero-order valence-corrected chi connectivity index (χ0v) is 10.5. The van der Waals surface area contributed by atoms with Crippen molar-refractivity contribution in [3.63, 3.8) is 0 Å². The van der Waals surface area contributed by atoms with Gasteiger partial charge in [-0.3, -0.25) is 0 Å². The molecule has 0 saturated carbocycles. The van der Waals surface area contributed by atoms with E-state index in [1.54, 1.807) is 0 Å². The summed E-state index contributed by atoms with van der Waals surface area (Å²) in [6, 6.07) is 13.0. The zero-order valence-electron chi connectivity index (χ0n) is 8.37. The van der Waals surface area contributed by atoms with Crippen LogP contribution in [0.5, 0.6) is 0 Å². The van der Waals surface area contributed by atoms with Gasteiger partial charge in [0.1, 0.15) is 0 Å². The van der Waals surface area contributed by atoms with Crippen LogP contribution in [0.1, 0.15) is 0 Å². The van der Waals surface area contributed by atoms with Gasteiger partial charge in [0.2, 0.25) is 0 Å². The summed E-state index contributed by atoms with van der Waals surface area (Å²) in [5, 5.41) is 2.67. The molecule has 0 saturated heterocycles. The average Bonchev–Trinajstić information content (AvgIpc) is 2.64. The third-order valence-corrected chi connectivity index (χ3v) is 3.77. The minimum Gasteiger partial charge on any atom is -0.350 e. The van der Waals surface area contributed by atoms with E-state index < -0.39 is 0 Å². The van der Waals surface area contributed by atoms with E-state index in [2.05, 4.69) is 76.8 Å². The summed E-state index contributed by atoms with van der Waals surface area (Å²) in [7, 11) is 2.10. The zero-order chi connectivity index (χ0) is 10.4. The Morgan fingerprint density at radius 3 is 2.80 bits per heavy atom. The molecule has 1 aromatic rings. The van der Waals surface area contributed by atoms with Crippen molar-refractivity contribution in [1.29, 1.82) is 0 Å². The maximum Gasteiger partial charge on any atom is 0.0567 e. The highest BCUT2D eigenvalue weighted by atomic mass is 127. The number of halogens is 1. The number of pyridine rings is 1. The van der Waals surface area contributed by atoms with Crippen molar-refractivity contribution in [2.75, 3.05) is 0 Å². The molecule has 0 fully saturated rings. The third kappa shape index (κ3) is 1.28. The van der Waals surface area contributed by atoms with Crippen LogP contribution < -0.4 is 0 Å². The van der Waals surface area contributed by atoms with Gasteiger partial charge in [-0.2, -0.15) is 0 Å². The molecule has 1 heterocycles. The molecule has 0 spiro atoms. The Morgan fingerprint density at radius 2 is 1.93 bits per heavy atom. The number of fused-ring (bicyclic) bond motifs is 3. The van der Waals surface area contributed by atoms with E-state index >= 15 is 0 Å². The molecule has 1 nitrogen and oxygen atoms in total. The lowest BCUT2D eigenvalue weighted by atomic mass is 10.2. The van der Waals surface area contributed by atoms with Crippen LogP contribution in [-0.2, 0) is 7.05 Å². The average molecular weight is 307 g/mol. The maximum atomic E-state index is 2.40. The highest BCUT2D eigenvalue weighted by molar-refractivity contribution is 14.1. The monoisotopic (exact) mass is 307 g/mol. The normalized spacial score (nSPS) is 11.3. The van der Waals surface area contributed by atoms with E-state index in [-0.39, 0.29) is 0 Å². The van der Waals surface area contributed by atoms with Crippen LogP contribution in [0, 0.1) is 3.57 Å². The molecular weight excluding hydrogens is 297 g/mol. The minimum atomic E-state index is 1.32. The van der Waals surface area contributed by atoms with Gasteiger partial charge in [0.25, 0.3) is 0 Å². The van der Waals surface area contributed by atoms with E-state index in [0.29, 0.717) is 0 Å². The Kier molecular flexibility index (Phi) is 1.99. The van der Waals surface area contributed by atoms with Gasteiger partial charge in [-0.25, -0.2) is 0 Å². The van der Waals surface area contributed by atoms with Gasteiger partial charge >= 0.3 is 0 Å². The lowest BCUT2D eigenvalue weighted by molar-refractivity contribution is 0.919. The number of nitrogens with zero attached hydrogens (tertiary/aromatic N) is 1. The third-order valence-electron chi connectivity index (χ3n) is 2.83. The second kappa shape index (κ2) is 3.23. The first-order chi connectivity index (χ1) is 7.27. The summed E-state index contributed by atoms with van der Waals surface area (Å²) >= 11 is 2.40. The molecule has 0 atom stereocenters. The highest BCUT2D eigenvalue weighted by Gasteiger charge is 2.13. The minimum absolute atomic E-state index is 1.32. The van der Waals surface area contributed by atoms with Crippen molar-refractivity contribution in [2.45, 2.75) is 0 Å². The van der Waals surface area contributed by atoms with E-state index in [1.165, 1.54) is 25.6 Å². The van der Waals surface area contributed by atoms with Gasteiger partial charge in [0, 0.05) is 27.8 Å². The van der Waals surface area contributed by atoms with Crippen LogP contribution in [0.25, 0.3) is 22.0 Å². The first-order valence-electron chi connectivity index (χ1n) is 4.89. The number of hydrogen-bond acceptors (Lipinski definition) is 0. The molecule has 0 aromatic heterocycles. The summed E-state index contributed by atoms with van der Waals surface area (Å²) in [5.74, 6) is 0. The molecule has 0 N–H and O–H groups in total. The molecule has 1 aliphatic heterocycles. The van der Waals surface area contributed by atoms with Gasteiger partial charge < -0.3 is 4.57 Å². The van der Waals surface area contributed by atoms with Crippen LogP contribution in [0.4, 0.5) is 0 Å². The Balaban J connectivity index is 2.57. The molecule has 2 heteroatoms. The Bertz CT molecular complexity index is 609. The molecule has 0 bridgehead atoms. The van der Waals surface area contributed by atoms with Gasteiger partial charge in [-0.1, -0.05) is 24.3 Å². The van der Waals surface area contributed by atoms with E-state index in [9.17, 15) is 0 Å². The van der Waals surface area contributed by atoms with Crippen molar-refractivity contribution in [3.8, 4) is 11.3 Å². The summed E-state index contributed by atoms with van der Waals surface area (Å²) in [6.07, 6.45) is 2.12. The highest BCUT2D eigenvalue weighted by Crippen LogP contribution is 2.36. The van der Waals surface area contributed by atoms with Crippen LogP contribution in [0.2, 0.25) is 0 Å². The molecule has 1 aromatic carbocycles.